The average molecular weight is 308 g/mol. The third-order valence-electron chi connectivity index (χ3n) is 2.62. The van der Waals surface area contributed by atoms with E-state index in [2.05, 4.69) is 4.99 Å². The van der Waals surface area contributed by atoms with Crippen molar-refractivity contribution >= 4 is 41.1 Å². The number of ether oxygens (including phenoxy) is 1. The van der Waals surface area contributed by atoms with Crippen molar-refractivity contribution in [1.82, 2.24) is 0 Å². The van der Waals surface area contributed by atoms with Crippen molar-refractivity contribution in [1.29, 1.82) is 0 Å². The molecule has 0 atom stereocenters. The zero-order valence-corrected chi connectivity index (χ0v) is 12.2. The van der Waals surface area contributed by atoms with Gasteiger partial charge in [-0.2, -0.15) is 0 Å². The molecule has 2 aromatic rings. The molecular formula is C15H11Cl2NO2. The highest BCUT2D eigenvalue weighted by atomic mass is 35.5. The summed E-state index contributed by atoms with van der Waals surface area (Å²) in [6, 6.07) is 12.1. The van der Waals surface area contributed by atoms with E-state index in [4.69, 9.17) is 27.9 Å². The minimum Gasteiger partial charge on any atom is -0.465 e. The molecule has 0 unspecified atom stereocenters. The second kappa shape index (κ2) is 6.55. The van der Waals surface area contributed by atoms with Crippen LogP contribution in [0.15, 0.2) is 47.5 Å². The second-order valence-electron chi connectivity index (χ2n) is 3.93. The Morgan fingerprint density at radius 3 is 2.65 bits per heavy atom. The smallest absolute Gasteiger partial charge is 0.338 e. The summed E-state index contributed by atoms with van der Waals surface area (Å²) in [5, 5.41) is 0.994. The van der Waals surface area contributed by atoms with Gasteiger partial charge in [0.25, 0.3) is 0 Å². The van der Waals surface area contributed by atoms with E-state index < -0.39 is 5.97 Å². The highest BCUT2D eigenvalue weighted by Crippen LogP contribution is 2.27. The minimum atomic E-state index is -0.408. The van der Waals surface area contributed by atoms with Crippen molar-refractivity contribution in [2.45, 2.75) is 0 Å². The molecule has 0 N–H and O–H groups in total. The van der Waals surface area contributed by atoms with Gasteiger partial charge in [0.15, 0.2) is 0 Å². The van der Waals surface area contributed by atoms with Crippen LogP contribution in [0.1, 0.15) is 15.9 Å². The normalized spacial score (nSPS) is 10.8. The molecule has 0 aromatic heterocycles. The maximum Gasteiger partial charge on any atom is 0.338 e. The fourth-order valence-corrected chi connectivity index (χ4v) is 2.09. The predicted octanol–water partition coefficient (Wildman–Crippen LogP) is 4.53. The Hall–Kier alpha value is -1.84. The van der Waals surface area contributed by atoms with E-state index >= 15 is 0 Å². The highest BCUT2D eigenvalue weighted by Gasteiger charge is 2.09. The molecule has 20 heavy (non-hydrogen) atoms. The molecule has 0 heterocycles. The van der Waals surface area contributed by atoms with Crippen LogP contribution < -0.4 is 0 Å². The lowest BCUT2D eigenvalue weighted by atomic mass is 10.1. The van der Waals surface area contributed by atoms with Crippen LogP contribution in [0.4, 0.5) is 5.69 Å². The number of carbonyl (C=O) groups is 1. The van der Waals surface area contributed by atoms with Gasteiger partial charge in [0, 0.05) is 16.8 Å². The Balaban J connectivity index is 2.34. The standard InChI is InChI=1S/C15H11Cl2NO2/c1-20-15(19)12-5-3-2-4-10(12)9-18-14-7-6-11(16)8-13(14)17/h2-9H,1H3. The summed E-state index contributed by atoms with van der Waals surface area (Å²) in [7, 11) is 1.34. The van der Waals surface area contributed by atoms with Crippen molar-refractivity contribution < 1.29 is 9.53 Å². The van der Waals surface area contributed by atoms with E-state index in [1.54, 1.807) is 42.6 Å². The molecule has 0 aliphatic rings. The first-order valence-corrected chi connectivity index (χ1v) is 6.54. The number of rotatable bonds is 3. The molecule has 3 nitrogen and oxygen atoms in total. The molecule has 0 fully saturated rings. The van der Waals surface area contributed by atoms with Crippen LogP contribution in [0.5, 0.6) is 0 Å². The van der Waals surface area contributed by atoms with Crippen molar-refractivity contribution in [2.24, 2.45) is 4.99 Å². The third kappa shape index (κ3) is 3.38. The Morgan fingerprint density at radius 1 is 1.20 bits per heavy atom. The summed E-state index contributed by atoms with van der Waals surface area (Å²) in [5.41, 5.74) is 1.69. The van der Waals surface area contributed by atoms with Crippen molar-refractivity contribution in [3.8, 4) is 0 Å². The quantitative estimate of drug-likeness (QED) is 0.617. The Morgan fingerprint density at radius 2 is 1.95 bits per heavy atom. The largest absolute Gasteiger partial charge is 0.465 e. The number of aliphatic imine (C=N–C) groups is 1. The Kier molecular flexibility index (Phi) is 4.77. The lowest BCUT2D eigenvalue weighted by Crippen LogP contribution is -2.04. The number of benzene rings is 2. The van der Waals surface area contributed by atoms with E-state index in [9.17, 15) is 4.79 Å². The van der Waals surface area contributed by atoms with Gasteiger partial charge in [-0.15, -0.1) is 0 Å². The molecule has 5 heteroatoms. The van der Waals surface area contributed by atoms with Gasteiger partial charge in [-0.3, -0.25) is 4.99 Å². The molecule has 0 aliphatic carbocycles. The molecule has 0 amide bonds. The third-order valence-corrected chi connectivity index (χ3v) is 3.16. The van der Waals surface area contributed by atoms with Gasteiger partial charge in [0.1, 0.15) is 0 Å². The molecule has 0 aliphatic heterocycles. The maximum atomic E-state index is 11.6. The second-order valence-corrected chi connectivity index (χ2v) is 4.78. The molecule has 2 aromatic carbocycles. The number of hydrogen-bond acceptors (Lipinski definition) is 3. The summed E-state index contributed by atoms with van der Waals surface area (Å²) < 4.78 is 4.72. The summed E-state index contributed by atoms with van der Waals surface area (Å²) in [6.07, 6.45) is 1.57. The van der Waals surface area contributed by atoms with E-state index in [1.165, 1.54) is 7.11 Å². The fraction of sp³-hybridized carbons (Fsp3) is 0.0667. The number of methoxy groups -OCH3 is 1. The van der Waals surface area contributed by atoms with Crippen molar-refractivity contribution in [3.05, 3.63) is 63.6 Å². The van der Waals surface area contributed by atoms with Crippen LogP contribution in [-0.4, -0.2) is 19.3 Å². The van der Waals surface area contributed by atoms with Gasteiger partial charge in [-0.25, -0.2) is 4.79 Å². The van der Waals surface area contributed by atoms with Crippen LogP contribution in [-0.2, 0) is 4.74 Å². The summed E-state index contributed by atoms with van der Waals surface area (Å²) in [6.45, 7) is 0. The average Bonchev–Trinajstić information content (AvgIpc) is 2.46. The van der Waals surface area contributed by atoms with Crippen LogP contribution in [0.25, 0.3) is 0 Å². The maximum absolute atomic E-state index is 11.6. The van der Waals surface area contributed by atoms with Crippen LogP contribution in [0, 0.1) is 0 Å². The zero-order valence-electron chi connectivity index (χ0n) is 10.6. The monoisotopic (exact) mass is 307 g/mol. The van der Waals surface area contributed by atoms with E-state index in [1.807, 2.05) is 6.07 Å². The van der Waals surface area contributed by atoms with Gasteiger partial charge in [-0.05, 0) is 24.3 Å². The first-order valence-electron chi connectivity index (χ1n) is 5.78. The molecule has 0 bridgehead atoms. The Labute approximate surface area is 126 Å². The van der Waals surface area contributed by atoms with Gasteiger partial charge in [0.05, 0.1) is 23.4 Å². The number of halogens is 2. The predicted molar refractivity (Wildman–Crippen MR) is 81.5 cm³/mol. The molecule has 2 rings (SSSR count). The first-order chi connectivity index (χ1) is 9.61. The summed E-state index contributed by atoms with van der Waals surface area (Å²) >= 11 is 11.9. The van der Waals surface area contributed by atoms with E-state index in [0.29, 0.717) is 26.9 Å². The van der Waals surface area contributed by atoms with Gasteiger partial charge in [0.2, 0.25) is 0 Å². The topological polar surface area (TPSA) is 38.7 Å². The number of carbonyl (C=O) groups excluding carboxylic acids is 1. The van der Waals surface area contributed by atoms with Gasteiger partial charge < -0.3 is 4.74 Å². The number of esters is 1. The first kappa shape index (κ1) is 14.6. The molecule has 0 saturated heterocycles. The lowest BCUT2D eigenvalue weighted by molar-refractivity contribution is 0.0600. The SMILES string of the molecule is COC(=O)c1ccccc1C=Nc1ccc(Cl)cc1Cl. The van der Waals surface area contributed by atoms with Crippen LogP contribution in [0.3, 0.4) is 0 Å². The lowest BCUT2D eigenvalue weighted by Gasteiger charge is -2.03. The van der Waals surface area contributed by atoms with Crippen molar-refractivity contribution in [2.75, 3.05) is 7.11 Å². The molecule has 0 spiro atoms. The number of nitrogens with zero attached hydrogens (tertiary/aromatic N) is 1. The zero-order chi connectivity index (χ0) is 14.5. The minimum absolute atomic E-state index is 0.408. The Bertz CT molecular complexity index is 669. The summed E-state index contributed by atoms with van der Waals surface area (Å²) in [5.74, 6) is -0.408. The fourth-order valence-electron chi connectivity index (χ4n) is 1.63. The van der Waals surface area contributed by atoms with E-state index in [-0.39, 0.29) is 0 Å². The molecule has 0 saturated carbocycles. The highest BCUT2D eigenvalue weighted by molar-refractivity contribution is 6.36. The molecular weight excluding hydrogens is 297 g/mol. The van der Waals surface area contributed by atoms with Crippen LogP contribution >= 0.6 is 23.2 Å². The van der Waals surface area contributed by atoms with Crippen LogP contribution in [0.2, 0.25) is 10.0 Å². The summed E-state index contributed by atoms with van der Waals surface area (Å²) in [4.78, 5) is 15.9. The van der Waals surface area contributed by atoms with Gasteiger partial charge in [-0.1, -0.05) is 41.4 Å². The molecule has 0 radical (unpaired) electrons. The van der Waals surface area contributed by atoms with Crippen molar-refractivity contribution in [3.63, 3.8) is 0 Å². The van der Waals surface area contributed by atoms with Gasteiger partial charge >= 0.3 is 5.97 Å². The van der Waals surface area contributed by atoms with E-state index in [0.717, 1.165) is 0 Å². The number of hydrogen-bond donors (Lipinski definition) is 0. The molecule has 102 valence electrons.